The molecule has 0 aliphatic heterocycles. The zero-order valence-electron chi connectivity index (χ0n) is 16.4. The van der Waals surface area contributed by atoms with Crippen molar-refractivity contribution in [3.63, 3.8) is 0 Å². The first-order valence-electron chi connectivity index (χ1n) is 9.27. The Kier molecular flexibility index (Phi) is 7.33. The summed E-state index contributed by atoms with van der Waals surface area (Å²) in [4.78, 5) is 27.7. The van der Waals surface area contributed by atoms with Gasteiger partial charge in [-0.25, -0.2) is 8.42 Å². The number of hydrogen-bond acceptors (Lipinski definition) is 8. The van der Waals surface area contributed by atoms with Gasteiger partial charge in [0.05, 0.1) is 4.90 Å². The van der Waals surface area contributed by atoms with E-state index in [4.69, 9.17) is 9.26 Å². The van der Waals surface area contributed by atoms with Crippen molar-refractivity contribution in [2.24, 2.45) is 0 Å². The first-order valence-corrected chi connectivity index (χ1v) is 10.9. The van der Waals surface area contributed by atoms with Crippen LogP contribution in [-0.4, -0.2) is 50.1 Å². The highest BCUT2D eigenvalue weighted by Crippen LogP contribution is 2.14. The molecule has 0 radical (unpaired) electrons. The largest absolute Gasteiger partial charge is 0.484 e. The molecule has 162 valence electrons. The Morgan fingerprint density at radius 3 is 2.29 bits per heavy atom. The molecule has 11 heteroatoms. The highest BCUT2D eigenvalue weighted by Gasteiger charge is 2.21. The lowest BCUT2D eigenvalue weighted by molar-refractivity contribution is -0.123. The fraction of sp³-hybridized carbons (Fsp3) is 0.200. The molecule has 0 saturated heterocycles. The van der Waals surface area contributed by atoms with Crippen molar-refractivity contribution >= 4 is 21.7 Å². The SMILES string of the molecule is O=C(COc1ccccc1)NCCNC(=O)c1nc(CS(=O)(=O)c2ccccc2)no1. The Balaban J connectivity index is 1.40. The minimum atomic E-state index is -3.66. The lowest BCUT2D eigenvalue weighted by Crippen LogP contribution is -2.36. The molecule has 0 bridgehead atoms. The van der Waals surface area contributed by atoms with E-state index in [1.165, 1.54) is 12.1 Å². The summed E-state index contributed by atoms with van der Waals surface area (Å²) in [6.45, 7) is 0.114. The van der Waals surface area contributed by atoms with Crippen molar-refractivity contribution in [3.8, 4) is 5.75 Å². The number of ether oxygens (including phenoxy) is 1. The summed E-state index contributed by atoms with van der Waals surface area (Å²) in [5.41, 5.74) is 0. The number of carbonyl (C=O) groups is 2. The van der Waals surface area contributed by atoms with Crippen molar-refractivity contribution in [2.45, 2.75) is 10.6 Å². The van der Waals surface area contributed by atoms with E-state index < -0.39 is 21.5 Å². The molecular formula is C20H20N4O6S. The van der Waals surface area contributed by atoms with Crippen LogP contribution in [0.25, 0.3) is 0 Å². The van der Waals surface area contributed by atoms with Gasteiger partial charge < -0.3 is 19.9 Å². The minimum Gasteiger partial charge on any atom is -0.484 e. The molecule has 0 atom stereocenters. The zero-order chi connectivity index (χ0) is 22.1. The van der Waals surface area contributed by atoms with Gasteiger partial charge in [0.2, 0.25) is 0 Å². The molecule has 0 aliphatic carbocycles. The second kappa shape index (κ2) is 10.3. The maximum atomic E-state index is 12.3. The molecule has 0 fully saturated rings. The van der Waals surface area contributed by atoms with Crippen molar-refractivity contribution in [3.05, 3.63) is 72.4 Å². The molecule has 2 aromatic carbocycles. The van der Waals surface area contributed by atoms with Crippen LogP contribution in [0.2, 0.25) is 0 Å². The lowest BCUT2D eigenvalue weighted by Gasteiger charge is -2.07. The highest BCUT2D eigenvalue weighted by molar-refractivity contribution is 7.90. The smallest absolute Gasteiger partial charge is 0.315 e. The minimum absolute atomic E-state index is 0.107. The Morgan fingerprint density at radius 1 is 0.935 bits per heavy atom. The summed E-state index contributed by atoms with van der Waals surface area (Å²) in [7, 11) is -3.66. The molecule has 0 aliphatic rings. The van der Waals surface area contributed by atoms with Gasteiger partial charge in [0.1, 0.15) is 11.5 Å². The number of benzene rings is 2. The van der Waals surface area contributed by atoms with Crippen LogP contribution in [0.15, 0.2) is 70.1 Å². The number of sulfone groups is 1. The molecular weight excluding hydrogens is 424 g/mol. The molecule has 0 saturated carbocycles. The Hall–Kier alpha value is -3.73. The zero-order valence-corrected chi connectivity index (χ0v) is 17.2. The van der Waals surface area contributed by atoms with E-state index in [0.29, 0.717) is 5.75 Å². The lowest BCUT2D eigenvalue weighted by atomic mass is 10.3. The van der Waals surface area contributed by atoms with Crippen LogP contribution in [0.1, 0.15) is 16.5 Å². The van der Waals surface area contributed by atoms with Crippen molar-refractivity contribution in [2.75, 3.05) is 19.7 Å². The maximum Gasteiger partial charge on any atom is 0.315 e. The van der Waals surface area contributed by atoms with Crippen LogP contribution in [0.4, 0.5) is 0 Å². The summed E-state index contributed by atoms with van der Waals surface area (Å²) in [6, 6.07) is 16.7. The summed E-state index contributed by atoms with van der Waals surface area (Å²) in [5, 5.41) is 8.63. The average molecular weight is 444 g/mol. The van der Waals surface area contributed by atoms with E-state index in [2.05, 4.69) is 20.8 Å². The fourth-order valence-electron chi connectivity index (χ4n) is 2.46. The molecule has 0 spiro atoms. The number of para-hydroxylation sites is 1. The van der Waals surface area contributed by atoms with Gasteiger partial charge in [-0.1, -0.05) is 41.6 Å². The second-order valence-electron chi connectivity index (χ2n) is 6.30. The van der Waals surface area contributed by atoms with Gasteiger partial charge in [0.15, 0.2) is 22.3 Å². The number of hydrogen-bond donors (Lipinski definition) is 2. The number of carbonyl (C=O) groups excluding carboxylic acids is 2. The first kappa shape index (κ1) is 22.0. The van der Waals surface area contributed by atoms with E-state index in [1.54, 1.807) is 42.5 Å². The Labute approximate surface area is 178 Å². The van der Waals surface area contributed by atoms with Gasteiger partial charge in [0.25, 0.3) is 5.91 Å². The number of rotatable bonds is 10. The van der Waals surface area contributed by atoms with E-state index in [-0.39, 0.29) is 42.2 Å². The summed E-state index contributed by atoms with van der Waals surface area (Å²) >= 11 is 0. The molecule has 10 nitrogen and oxygen atoms in total. The fourth-order valence-corrected chi connectivity index (χ4v) is 3.65. The average Bonchev–Trinajstić information content (AvgIpc) is 3.24. The standard InChI is InChI=1S/C20H20N4O6S/c25-18(13-29-15-7-3-1-4-8-15)21-11-12-22-19(26)20-23-17(24-30-20)14-31(27,28)16-9-5-2-6-10-16/h1-10H,11-14H2,(H,21,25)(H,22,26). The highest BCUT2D eigenvalue weighted by atomic mass is 32.2. The Bertz CT molecular complexity index is 1120. The van der Waals surface area contributed by atoms with Crippen LogP contribution in [0, 0.1) is 0 Å². The number of amides is 2. The van der Waals surface area contributed by atoms with Crippen molar-refractivity contribution in [1.29, 1.82) is 0 Å². The predicted molar refractivity (Wildman–Crippen MR) is 109 cm³/mol. The van der Waals surface area contributed by atoms with Gasteiger partial charge in [-0.2, -0.15) is 4.98 Å². The van der Waals surface area contributed by atoms with Gasteiger partial charge in [-0.3, -0.25) is 9.59 Å². The molecule has 1 aromatic heterocycles. The van der Waals surface area contributed by atoms with Gasteiger partial charge >= 0.3 is 11.8 Å². The second-order valence-corrected chi connectivity index (χ2v) is 8.29. The third-order valence-electron chi connectivity index (χ3n) is 3.93. The third kappa shape index (κ3) is 6.64. The molecule has 2 amide bonds. The first-order chi connectivity index (χ1) is 14.9. The van der Waals surface area contributed by atoms with Crippen LogP contribution in [0.5, 0.6) is 5.75 Å². The number of aromatic nitrogens is 2. The van der Waals surface area contributed by atoms with Crippen LogP contribution in [-0.2, 0) is 20.4 Å². The molecule has 3 aromatic rings. The van der Waals surface area contributed by atoms with E-state index in [0.717, 1.165) is 0 Å². The number of nitrogens with zero attached hydrogens (tertiary/aromatic N) is 2. The summed E-state index contributed by atoms with van der Waals surface area (Å²) in [6.07, 6.45) is 0. The van der Waals surface area contributed by atoms with E-state index in [1.807, 2.05) is 6.07 Å². The predicted octanol–water partition coefficient (Wildman–Crippen LogP) is 0.968. The summed E-state index contributed by atoms with van der Waals surface area (Å²) < 4.78 is 34.8. The number of nitrogens with one attached hydrogen (secondary N) is 2. The Morgan fingerprint density at radius 2 is 1.58 bits per heavy atom. The van der Waals surface area contributed by atoms with Gasteiger partial charge in [0, 0.05) is 13.1 Å². The molecule has 31 heavy (non-hydrogen) atoms. The van der Waals surface area contributed by atoms with Crippen LogP contribution < -0.4 is 15.4 Å². The van der Waals surface area contributed by atoms with Crippen molar-refractivity contribution < 1.29 is 27.3 Å². The van der Waals surface area contributed by atoms with Gasteiger partial charge in [-0.15, -0.1) is 0 Å². The molecule has 0 unspecified atom stereocenters. The van der Waals surface area contributed by atoms with Crippen molar-refractivity contribution in [1.82, 2.24) is 20.8 Å². The molecule has 2 N–H and O–H groups in total. The quantitative estimate of drug-likeness (QED) is 0.441. The topological polar surface area (TPSA) is 140 Å². The van der Waals surface area contributed by atoms with Crippen LogP contribution in [0.3, 0.4) is 0 Å². The van der Waals surface area contributed by atoms with Gasteiger partial charge in [-0.05, 0) is 24.3 Å². The van der Waals surface area contributed by atoms with E-state index >= 15 is 0 Å². The normalized spacial score (nSPS) is 11.0. The molecule has 1 heterocycles. The van der Waals surface area contributed by atoms with E-state index in [9.17, 15) is 18.0 Å². The third-order valence-corrected chi connectivity index (χ3v) is 5.56. The molecule has 3 rings (SSSR count). The van der Waals surface area contributed by atoms with Crippen LogP contribution >= 0.6 is 0 Å². The maximum absolute atomic E-state index is 12.3. The monoisotopic (exact) mass is 444 g/mol. The summed E-state index contributed by atoms with van der Waals surface area (Å²) in [5.74, 6) is -1.43.